The Morgan fingerprint density at radius 2 is 1.88 bits per heavy atom. The largest absolute Gasteiger partial charge is 0.444 e. The van der Waals surface area contributed by atoms with Gasteiger partial charge in [0.05, 0.1) is 11.0 Å². The number of hydrogen-bond acceptors (Lipinski definition) is 5. The molecule has 1 aliphatic rings. The summed E-state index contributed by atoms with van der Waals surface area (Å²) < 4.78 is 8.50. The number of aryl methyl sites for hydroxylation is 1. The standard InChI is InChI=1S/C24H34N4O5/c1-24(2,3)33-23(32)27-12-10-16(11-13-27)17-8-9-18-20(15-17)26(5)22(31)28(18)19(7-6-14-29)21(30)25-4/h8-9,14-16,19H,6-7,10-13H2,1-5H3,(H,25,30). The lowest BCUT2D eigenvalue weighted by atomic mass is 9.89. The minimum Gasteiger partial charge on any atom is -0.444 e. The van der Waals surface area contributed by atoms with Gasteiger partial charge in [-0.25, -0.2) is 9.59 Å². The summed E-state index contributed by atoms with van der Waals surface area (Å²) >= 11 is 0. The van der Waals surface area contributed by atoms with E-state index in [0.29, 0.717) is 18.6 Å². The monoisotopic (exact) mass is 458 g/mol. The Hall–Kier alpha value is -3.10. The lowest BCUT2D eigenvalue weighted by molar-refractivity contribution is -0.124. The van der Waals surface area contributed by atoms with Crippen molar-refractivity contribution in [2.45, 2.75) is 64.0 Å². The van der Waals surface area contributed by atoms with Crippen LogP contribution in [-0.4, -0.2) is 58.1 Å². The number of amides is 2. The van der Waals surface area contributed by atoms with E-state index < -0.39 is 11.6 Å². The molecular formula is C24H34N4O5. The average Bonchev–Trinajstić information content (AvgIpc) is 3.02. The van der Waals surface area contributed by atoms with Crippen molar-refractivity contribution in [3.8, 4) is 0 Å². The Labute approximate surface area is 193 Å². The molecular weight excluding hydrogens is 424 g/mol. The Balaban J connectivity index is 1.85. The molecule has 9 heteroatoms. The van der Waals surface area contributed by atoms with Crippen LogP contribution >= 0.6 is 0 Å². The van der Waals surface area contributed by atoms with Crippen molar-refractivity contribution in [2.75, 3.05) is 20.1 Å². The highest BCUT2D eigenvalue weighted by Crippen LogP contribution is 2.31. The molecule has 0 radical (unpaired) electrons. The number of hydrogen-bond donors (Lipinski definition) is 1. The molecule has 1 saturated heterocycles. The predicted molar refractivity (Wildman–Crippen MR) is 125 cm³/mol. The zero-order valence-electron chi connectivity index (χ0n) is 20.1. The maximum atomic E-state index is 13.0. The molecule has 2 aromatic rings. The number of benzene rings is 1. The highest BCUT2D eigenvalue weighted by Gasteiger charge is 2.29. The maximum absolute atomic E-state index is 13.0. The third kappa shape index (κ3) is 5.29. The van der Waals surface area contributed by atoms with Gasteiger partial charge in [-0.3, -0.25) is 13.9 Å². The number of rotatable bonds is 6. The van der Waals surface area contributed by atoms with Crippen molar-refractivity contribution in [1.82, 2.24) is 19.4 Å². The number of carbonyl (C=O) groups excluding carboxylic acids is 3. The van der Waals surface area contributed by atoms with Crippen LogP contribution in [0.15, 0.2) is 23.0 Å². The lowest BCUT2D eigenvalue weighted by Crippen LogP contribution is -2.41. The molecule has 3 rings (SSSR count). The molecule has 0 spiro atoms. The van der Waals surface area contributed by atoms with Crippen molar-refractivity contribution in [3.05, 3.63) is 34.2 Å². The second kappa shape index (κ2) is 9.80. The first kappa shape index (κ1) is 24.5. The Kier molecular flexibility index (Phi) is 7.29. The van der Waals surface area contributed by atoms with Crippen molar-refractivity contribution in [1.29, 1.82) is 0 Å². The van der Waals surface area contributed by atoms with Gasteiger partial charge in [0.25, 0.3) is 0 Å². The van der Waals surface area contributed by atoms with Crippen molar-refractivity contribution >= 4 is 29.3 Å². The molecule has 2 heterocycles. The van der Waals surface area contributed by atoms with E-state index in [-0.39, 0.29) is 36.4 Å². The first-order valence-corrected chi connectivity index (χ1v) is 11.4. The van der Waals surface area contributed by atoms with Crippen LogP contribution in [0.1, 0.15) is 64.0 Å². The van der Waals surface area contributed by atoms with Crippen molar-refractivity contribution in [2.24, 2.45) is 7.05 Å². The van der Waals surface area contributed by atoms with E-state index in [2.05, 4.69) is 5.32 Å². The number of likely N-dealkylation sites (tertiary alicyclic amines) is 1. The molecule has 1 aromatic heterocycles. The van der Waals surface area contributed by atoms with Gasteiger partial charge < -0.3 is 19.7 Å². The first-order chi connectivity index (χ1) is 15.6. The van der Waals surface area contributed by atoms with Crippen molar-refractivity contribution in [3.63, 3.8) is 0 Å². The van der Waals surface area contributed by atoms with Crippen LogP contribution in [0.2, 0.25) is 0 Å². The van der Waals surface area contributed by atoms with E-state index in [9.17, 15) is 19.2 Å². The Morgan fingerprint density at radius 3 is 2.45 bits per heavy atom. The van der Waals surface area contributed by atoms with Gasteiger partial charge >= 0.3 is 11.8 Å². The van der Waals surface area contributed by atoms with Crippen LogP contribution in [0, 0.1) is 0 Å². The van der Waals surface area contributed by atoms with Gasteiger partial charge in [-0.1, -0.05) is 6.07 Å². The smallest absolute Gasteiger partial charge is 0.410 e. The summed E-state index contributed by atoms with van der Waals surface area (Å²) in [5, 5.41) is 2.60. The molecule has 0 saturated carbocycles. The fourth-order valence-electron chi connectivity index (χ4n) is 4.43. The summed E-state index contributed by atoms with van der Waals surface area (Å²) in [6.07, 6.45) is 2.53. The highest BCUT2D eigenvalue weighted by atomic mass is 16.6. The number of fused-ring (bicyclic) bond motifs is 1. The molecule has 0 bridgehead atoms. The quantitative estimate of drug-likeness (QED) is 0.671. The third-order valence-corrected chi connectivity index (χ3v) is 6.15. The van der Waals surface area contributed by atoms with Crippen LogP contribution in [0.25, 0.3) is 11.0 Å². The van der Waals surface area contributed by atoms with Gasteiger partial charge in [0.1, 0.15) is 17.9 Å². The van der Waals surface area contributed by atoms with E-state index >= 15 is 0 Å². The van der Waals surface area contributed by atoms with Gasteiger partial charge in [-0.15, -0.1) is 0 Å². The molecule has 1 N–H and O–H groups in total. The van der Waals surface area contributed by atoms with Crippen LogP contribution in [0.3, 0.4) is 0 Å². The fourth-order valence-corrected chi connectivity index (χ4v) is 4.43. The Bertz CT molecular complexity index is 1090. The van der Waals surface area contributed by atoms with Crippen LogP contribution in [-0.2, 0) is 21.4 Å². The molecule has 1 aliphatic heterocycles. The number of imidazole rings is 1. The second-order valence-electron chi connectivity index (χ2n) is 9.58. The summed E-state index contributed by atoms with van der Waals surface area (Å²) in [6.45, 7) is 6.80. The predicted octanol–water partition coefficient (Wildman–Crippen LogP) is 2.72. The Morgan fingerprint density at radius 1 is 1.21 bits per heavy atom. The molecule has 180 valence electrons. The van der Waals surface area contributed by atoms with Crippen LogP contribution in [0.5, 0.6) is 0 Å². The third-order valence-electron chi connectivity index (χ3n) is 6.15. The first-order valence-electron chi connectivity index (χ1n) is 11.4. The number of aromatic nitrogens is 2. The van der Waals surface area contributed by atoms with E-state index in [1.54, 1.807) is 16.5 Å². The zero-order valence-corrected chi connectivity index (χ0v) is 20.1. The normalized spacial score (nSPS) is 16.0. The van der Waals surface area contributed by atoms with Crippen LogP contribution in [0.4, 0.5) is 4.79 Å². The maximum Gasteiger partial charge on any atom is 0.410 e. The summed E-state index contributed by atoms with van der Waals surface area (Å²) in [7, 11) is 3.21. The zero-order chi connectivity index (χ0) is 24.3. The van der Waals surface area contributed by atoms with Gasteiger partial charge in [0, 0.05) is 33.6 Å². The second-order valence-corrected chi connectivity index (χ2v) is 9.58. The molecule has 33 heavy (non-hydrogen) atoms. The minimum absolute atomic E-state index is 0.190. The molecule has 9 nitrogen and oxygen atoms in total. The van der Waals surface area contributed by atoms with Crippen molar-refractivity contribution < 1.29 is 19.1 Å². The number of nitrogens with one attached hydrogen (secondary N) is 1. The summed E-state index contributed by atoms with van der Waals surface area (Å²) in [6, 6.07) is 5.12. The molecule has 1 aromatic carbocycles. The lowest BCUT2D eigenvalue weighted by Gasteiger charge is -2.33. The van der Waals surface area contributed by atoms with E-state index in [1.807, 2.05) is 39.0 Å². The minimum atomic E-state index is -0.751. The topological polar surface area (TPSA) is 103 Å². The van der Waals surface area contributed by atoms with Gasteiger partial charge in [0.2, 0.25) is 5.91 Å². The molecule has 2 amide bonds. The number of piperidine rings is 1. The van der Waals surface area contributed by atoms with Gasteiger partial charge in [0.15, 0.2) is 0 Å². The average molecular weight is 459 g/mol. The van der Waals surface area contributed by atoms with Gasteiger partial charge in [-0.2, -0.15) is 0 Å². The van der Waals surface area contributed by atoms with E-state index in [4.69, 9.17) is 4.74 Å². The molecule has 1 fully saturated rings. The molecule has 0 aliphatic carbocycles. The number of carbonyl (C=O) groups is 3. The van der Waals surface area contributed by atoms with Crippen LogP contribution < -0.4 is 11.0 Å². The molecule has 1 unspecified atom stereocenters. The number of ether oxygens (including phenoxy) is 1. The fraction of sp³-hybridized carbons (Fsp3) is 0.583. The van der Waals surface area contributed by atoms with Gasteiger partial charge in [-0.05, 0) is 63.6 Å². The van der Waals surface area contributed by atoms with E-state index in [0.717, 1.165) is 30.2 Å². The highest BCUT2D eigenvalue weighted by molar-refractivity contribution is 5.84. The summed E-state index contributed by atoms with van der Waals surface area (Å²) in [5.74, 6) is -0.0404. The number of aldehydes is 1. The number of likely N-dealkylation sites (N-methyl/N-ethyl adjacent to an activating group) is 1. The SMILES string of the molecule is CNC(=O)C(CCC=O)n1c(=O)n(C)c2cc(C3CCN(C(=O)OC(C)(C)C)CC3)ccc21. The number of nitrogens with zero attached hydrogens (tertiary/aromatic N) is 3. The summed E-state index contributed by atoms with van der Waals surface area (Å²) in [4.78, 5) is 50.5. The molecule has 1 atom stereocenters. The van der Waals surface area contributed by atoms with E-state index in [1.165, 1.54) is 11.6 Å². The summed E-state index contributed by atoms with van der Waals surface area (Å²) in [5.41, 5.74) is 1.70.